The normalized spacial score (nSPS) is 25.1. The number of carboxylic acid groups (broad SMARTS) is 1. The van der Waals surface area contributed by atoms with Gasteiger partial charge in [0.15, 0.2) is 0 Å². The molecule has 0 spiro atoms. The molecule has 2 amide bonds. The van der Waals surface area contributed by atoms with Crippen molar-refractivity contribution in [3.63, 3.8) is 0 Å². The number of nitrogens with one attached hydrogen (secondary N) is 1. The highest BCUT2D eigenvalue weighted by Crippen LogP contribution is 2.34. The van der Waals surface area contributed by atoms with Crippen molar-refractivity contribution < 1.29 is 19.5 Å². The molecule has 3 atom stereocenters. The molecule has 1 aliphatic heterocycles. The Morgan fingerprint density at radius 2 is 1.75 bits per heavy atom. The fraction of sp³-hybridized carbons (Fsp3) is 0.679. The van der Waals surface area contributed by atoms with E-state index in [1.54, 1.807) is 12.1 Å². The summed E-state index contributed by atoms with van der Waals surface area (Å²) in [5, 5.41) is 12.1. The van der Waals surface area contributed by atoms with Crippen LogP contribution in [-0.2, 0) is 9.59 Å². The van der Waals surface area contributed by atoms with Crippen LogP contribution >= 0.6 is 0 Å². The molecule has 8 heteroatoms. The second kappa shape index (κ2) is 13.2. The molecule has 200 valence electrons. The molecule has 0 radical (unpaired) electrons. The molecule has 1 heterocycles. The lowest BCUT2D eigenvalue weighted by atomic mass is 9.78. The topological polar surface area (TPSA) is 116 Å². The maximum absolute atomic E-state index is 13.7. The summed E-state index contributed by atoms with van der Waals surface area (Å²) in [6.45, 7) is 8.89. The first-order valence-electron chi connectivity index (χ1n) is 13.7. The zero-order chi connectivity index (χ0) is 26.2. The molecular formula is C28H44N4O4. The number of aromatic carboxylic acids is 1. The number of carbonyl (C=O) groups is 3. The van der Waals surface area contributed by atoms with Crippen LogP contribution in [0.3, 0.4) is 0 Å². The Balaban J connectivity index is 1.76. The fourth-order valence-corrected chi connectivity index (χ4v) is 5.74. The van der Waals surface area contributed by atoms with E-state index in [1.165, 1.54) is 12.1 Å². The molecule has 3 unspecified atom stereocenters. The average Bonchev–Trinajstić information content (AvgIpc) is 3.32. The minimum Gasteiger partial charge on any atom is -0.478 e. The highest BCUT2D eigenvalue weighted by Gasteiger charge is 2.44. The second-order valence-electron chi connectivity index (χ2n) is 10.6. The van der Waals surface area contributed by atoms with Crippen LogP contribution < -0.4 is 11.1 Å². The third-order valence-corrected chi connectivity index (χ3v) is 7.95. The first kappa shape index (κ1) is 28.1. The van der Waals surface area contributed by atoms with Gasteiger partial charge >= 0.3 is 5.97 Å². The number of rotatable bonds is 11. The number of nitrogens with zero attached hydrogens (tertiary/aromatic N) is 2. The van der Waals surface area contributed by atoms with Gasteiger partial charge in [-0.25, -0.2) is 4.79 Å². The highest BCUT2D eigenvalue weighted by molar-refractivity contribution is 5.98. The van der Waals surface area contributed by atoms with Crippen LogP contribution in [0, 0.1) is 11.8 Å². The van der Waals surface area contributed by atoms with Crippen molar-refractivity contribution in [2.75, 3.05) is 25.0 Å². The summed E-state index contributed by atoms with van der Waals surface area (Å²) in [5.41, 5.74) is 6.81. The van der Waals surface area contributed by atoms with Crippen molar-refractivity contribution in [2.24, 2.45) is 17.6 Å². The number of hydrogen-bond acceptors (Lipinski definition) is 5. The van der Waals surface area contributed by atoms with Crippen molar-refractivity contribution in [3.8, 4) is 0 Å². The molecule has 1 saturated carbocycles. The maximum Gasteiger partial charge on any atom is 0.335 e. The molecule has 2 aliphatic rings. The summed E-state index contributed by atoms with van der Waals surface area (Å²) in [4.78, 5) is 42.6. The summed E-state index contributed by atoms with van der Waals surface area (Å²) < 4.78 is 0. The first-order chi connectivity index (χ1) is 17.2. The predicted octanol–water partition coefficient (Wildman–Crippen LogP) is 3.96. The van der Waals surface area contributed by atoms with Gasteiger partial charge in [0, 0.05) is 30.2 Å². The van der Waals surface area contributed by atoms with Crippen LogP contribution in [0.2, 0.25) is 0 Å². The fourth-order valence-electron chi connectivity index (χ4n) is 5.74. The monoisotopic (exact) mass is 500 g/mol. The standard InChI is InChI=1S/C28H44N4O4/c1-4-6-16-31(15-5-2)24-17-25(26(33)30-23-13-11-22(12-14-23)28(35)36)32(18-24)27(34)21-9-7-20(8-10-21)19(3)29/h11-14,19-21,24-25H,4-10,15-18,29H2,1-3H3,(H,30,33)(H,35,36). The average molecular weight is 501 g/mol. The van der Waals surface area contributed by atoms with Crippen molar-refractivity contribution in [1.29, 1.82) is 0 Å². The lowest BCUT2D eigenvalue weighted by Crippen LogP contribution is -2.47. The Morgan fingerprint density at radius 1 is 1.08 bits per heavy atom. The Morgan fingerprint density at radius 3 is 2.31 bits per heavy atom. The first-order valence-corrected chi connectivity index (χ1v) is 13.7. The van der Waals surface area contributed by atoms with Gasteiger partial charge in [-0.1, -0.05) is 20.3 Å². The van der Waals surface area contributed by atoms with Gasteiger partial charge in [0.1, 0.15) is 6.04 Å². The number of benzene rings is 1. The third-order valence-electron chi connectivity index (χ3n) is 7.95. The lowest BCUT2D eigenvalue weighted by molar-refractivity contribution is -0.141. The third kappa shape index (κ3) is 7.07. The zero-order valence-corrected chi connectivity index (χ0v) is 22.1. The highest BCUT2D eigenvalue weighted by atomic mass is 16.4. The molecule has 1 aromatic carbocycles. The van der Waals surface area contributed by atoms with E-state index in [-0.39, 0.29) is 35.4 Å². The van der Waals surface area contributed by atoms with Gasteiger partial charge in [-0.2, -0.15) is 0 Å². The van der Waals surface area contributed by atoms with Crippen LogP contribution in [0.25, 0.3) is 0 Å². The number of carbonyl (C=O) groups excluding carboxylic acids is 2. The Kier molecular flexibility index (Phi) is 10.3. The van der Waals surface area contributed by atoms with Gasteiger partial charge in [-0.15, -0.1) is 0 Å². The summed E-state index contributed by atoms with van der Waals surface area (Å²) in [6, 6.07) is 5.91. The van der Waals surface area contributed by atoms with Crippen LogP contribution in [0.4, 0.5) is 5.69 Å². The van der Waals surface area contributed by atoms with E-state index in [0.717, 1.165) is 58.0 Å². The number of anilines is 1. The van der Waals surface area contributed by atoms with Gasteiger partial charge in [0.05, 0.1) is 5.56 Å². The van der Waals surface area contributed by atoms with E-state index in [2.05, 4.69) is 24.1 Å². The Labute approximate surface area is 215 Å². The predicted molar refractivity (Wildman–Crippen MR) is 142 cm³/mol. The summed E-state index contributed by atoms with van der Waals surface area (Å²) in [7, 11) is 0. The van der Waals surface area contributed by atoms with Crippen molar-refractivity contribution in [3.05, 3.63) is 29.8 Å². The molecule has 8 nitrogen and oxygen atoms in total. The lowest BCUT2D eigenvalue weighted by Gasteiger charge is -2.34. The zero-order valence-electron chi connectivity index (χ0n) is 22.1. The van der Waals surface area contributed by atoms with E-state index in [9.17, 15) is 14.4 Å². The van der Waals surface area contributed by atoms with E-state index < -0.39 is 12.0 Å². The molecule has 2 fully saturated rings. The van der Waals surface area contributed by atoms with Crippen LogP contribution in [0.1, 0.15) is 82.5 Å². The molecule has 1 aromatic rings. The van der Waals surface area contributed by atoms with Gasteiger partial charge in [0.2, 0.25) is 11.8 Å². The molecule has 1 saturated heterocycles. The van der Waals surface area contributed by atoms with Crippen LogP contribution in [0.5, 0.6) is 0 Å². The molecule has 36 heavy (non-hydrogen) atoms. The minimum absolute atomic E-state index is 0.0563. The summed E-state index contributed by atoms with van der Waals surface area (Å²) in [6.07, 6.45) is 7.41. The number of likely N-dealkylation sites (tertiary alicyclic amines) is 1. The smallest absolute Gasteiger partial charge is 0.335 e. The van der Waals surface area contributed by atoms with Gasteiger partial charge < -0.3 is 21.1 Å². The van der Waals surface area contributed by atoms with Crippen molar-refractivity contribution >= 4 is 23.5 Å². The number of amides is 2. The minimum atomic E-state index is -1.01. The van der Waals surface area contributed by atoms with E-state index >= 15 is 0 Å². The van der Waals surface area contributed by atoms with Crippen LogP contribution in [-0.4, -0.2) is 70.4 Å². The maximum atomic E-state index is 13.7. The van der Waals surface area contributed by atoms with Gasteiger partial charge in [-0.3, -0.25) is 14.5 Å². The quantitative estimate of drug-likeness (QED) is 0.424. The number of carboxylic acids is 1. The molecule has 0 bridgehead atoms. The molecule has 4 N–H and O–H groups in total. The van der Waals surface area contributed by atoms with Crippen molar-refractivity contribution in [2.45, 2.75) is 90.3 Å². The molecule has 0 aromatic heterocycles. The molecule has 1 aliphatic carbocycles. The molecular weight excluding hydrogens is 456 g/mol. The number of unbranched alkanes of at least 4 members (excludes halogenated alkanes) is 1. The van der Waals surface area contributed by atoms with Crippen molar-refractivity contribution in [1.82, 2.24) is 9.80 Å². The second-order valence-corrected chi connectivity index (χ2v) is 10.6. The number of nitrogens with two attached hydrogens (primary N) is 1. The SMILES string of the molecule is CCCCN(CCC)C1CC(C(=O)Nc2ccc(C(=O)O)cc2)N(C(=O)C2CCC(C(C)N)CC2)C1. The van der Waals surface area contributed by atoms with E-state index in [0.29, 0.717) is 24.6 Å². The van der Waals surface area contributed by atoms with Crippen LogP contribution in [0.15, 0.2) is 24.3 Å². The Bertz CT molecular complexity index is 880. The van der Waals surface area contributed by atoms with E-state index in [1.807, 2.05) is 11.8 Å². The largest absolute Gasteiger partial charge is 0.478 e. The van der Waals surface area contributed by atoms with Gasteiger partial charge in [0.25, 0.3) is 0 Å². The Hall–Kier alpha value is -2.45. The number of hydrogen-bond donors (Lipinski definition) is 3. The van der Waals surface area contributed by atoms with Gasteiger partial charge in [-0.05, 0) is 95.1 Å². The molecule has 3 rings (SSSR count). The summed E-state index contributed by atoms with van der Waals surface area (Å²) >= 11 is 0. The van der Waals surface area contributed by atoms with E-state index in [4.69, 9.17) is 10.8 Å². The summed E-state index contributed by atoms with van der Waals surface area (Å²) in [5.74, 6) is -0.717.